The lowest BCUT2D eigenvalue weighted by Crippen LogP contribution is -2.29. The molecule has 2 rings (SSSR count). The number of anilines is 1. The Kier molecular flexibility index (Phi) is 4.86. The van der Waals surface area contributed by atoms with E-state index in [0.717, 1.165) is 22.8 Å². The number of nitrogens with two attached hydrogens (primary N) is 1. The van der Waals surface area contributed by atoms with Gasteiger partial charge in [-0.1, -0.05) is 23.7 Å². The molecule has 0 saturated heterocycles. The highest BCUT2D eigenvalue weighted by molar-refractivity contribution is 7.09. The summed E-state index contributed by atoms with van der Waals surface area (Å²) in [6, 6.07) is 10.8. The van der Waals surface area contributed by atoms with Gasteiger partial charge in [-0.25, -0.2) is 0 Å². The second-order valence-corrected chi connectivity index (χ2v) is 6.22. The van der Waals surface area contributed by atoms with Crippen LogP contribution in [-0.4, -0.2) is 6.04 Å². The van der Waals surface area contributed by atoms with Gasteiger partial charge in [0.05, 0.1) is 6.54 Å². The lowest BCUT2D eigenvalue weighted by Gasteiger charge is -2.29. The van der Waals surface area contributed by atoms with Gasteiger partial charge in [-0.15, -0.1) is 11.3 Å². The maximum Gasteiger partial charge on any atom is 0.0525 e. The quantitative estimate of drug-likeness (QED) is 0.892. The molecule has 1 heterocycles. The van der Waals surface area contributed by atoms with E-state index in [1.54, 1.807) is 11.3 Å². The Morgan fingerprint density at radius 3 is 2.63 bits per heavy atom. The molecule has 0 amide bonds. The highest BCUT2D eigenvalue weighted by atomic mass is 35.5. The minimum absolute atomic E-state index is 0.418. The van der Waals surface area contributed by atoms with Gasteiger partial charge in [0, 0.05) is 28.2 Å². The van der Waals surface area contributed by atoms with Crippen molar-refractivity contribution in [3.63, 3.8) is 0 Å². The minimum atomic E-state index is 0.418. The van der Waals surface area contributed by atoms with Crippen molar-refractivity contribution in [3.8, 4) is 0 Å². The van der Waals surface area contributed by atoms with Crippen LogP contribution in [0.15, 0.2) is 35.7 Å². The van der Waals surface area contributed by atoms with E-state index in [9.17, 15) is 0 Å². The van der Waals surface area contributed by atoms with Crippen molar-refractivity contribution in [2.24, 2.45) is 5.73 Å². The molecule has 1 aromatic carbocycles. The number of nitrogens with zero attached hydrogens (tertiary/aromatic N) is 1. The molecule has 102 valence electrons. The van der Waals surface area contributed by atoms with Gasteiger partial charge >= 0.3 is 0 Å². The molecule has 4 heteroatoms. The van der Waals surface area contributed by atoms with E-state index in [-0.39, 0.29) is 0 Å². The van der Waals surface area contributed by atoms with E-state index in [0.29, 0.717) is 12.6 Å². The van der Waals surface area contributed by atoms with Gasteiger partial charge in [0.25, 0.3) is 0 Å². The van der Waals surface area contributed by atoms with E-state index in [2.05, 4.69) is 42.3 Å². The molecule has 2 N–H and O–H groups in total. The molecular weight excluding hydrogens is 276 g/mol. The third-order valence-electron chi connectivity index (χ3n) is 3.12. The van der Waals surface area contributed by atoms with Gasteiger partial charge in [-0.3, -0.25) is 0 Å². The molecule has 0 radical (unpaired) electrons. The molecule has 0 saturated carbocycles. The molecule has 0 bridgehead atoms. The second kappa shape index (κ2) is 6.42. The summed E-state index contributed by atoms with van der Waals surface area (Å²) in [6.45, 7) is 5.77. The number of benzene rings is 1. The van der Waals surface area contributed by atoms with Gasteiger partial charge < -0.3 is 10.6 Å². The highest BCUT2D eigenvalue weighted by Crippen LogP contribution is 2.27. The lowest BCUT2D eigenvalue weighted by molar-refractivity contribution is 0.687. The fourth-order valence-corrected chi connectivity index (χ4v) is 2.98. The number of hydrogen-bond donors (Lipinski definition) is 1. The fraction of sp³-hybridized carbons (Fsp3) is 0.333. The van der Waals surface area contributed by atoms with Crippen LogP contribution in [0.5, 0.6) is 0 Å². The molecule has 0 aliphatic carbocycles. The van der Waals surface area contributed by atoms with Crippen LogP contribution >= 0.6 is 22.9 Å². The summed E-state index contributed by atoms with van der Waals surface area (Å²) in [5.74, 6) is 0. The molecule has 0 fully saturated rings. The summed E-state index contributed by atoms with van der Waals surface area (Å²) in [7, 11) is 0. The predicted octanol–water partition coefficient (Wildman–Crippen LogP) is 4.28. The average molecular weight is 295 g/mol. The van der Waals surface area contributed by atoms with Gasteiger partial charge in [-0.05, 0) is 43.0 Å². The molecule has 0 spiro atoms. The molecule has 0 aliphatic heterocycles. The van der Waals surface area contributed by atoms with Crippen molar-refractivity contribution in [2.45, 2.75) is 33.0 Å². The standard InChI is InChI=1S/C15H19ClN2S/c1-11(2)18(10-14-4-3-7-19-14)13-6-5-12(9-17)15(16)8-13/h3-8,11H,9-10,17H2,1-2H3. The van der Waals surface area contributed by atoms with E-state index in [1.165, 1.54) is 4.88 Å². The van der Waals surface area contributed by atoms with Crippen LogP contribution in [0.25, 0.3) is 0 Å². The Balaban J connectivity index is 2.26. The lowest BCUT2D eigenvalue weighted by atomic mass is 10.1. The van der Waals surface area contributed by atoms with Gasteiger partial charge in [0.2, 0.25) is 0 Å². The molecular formula is C15H19ClN2S. The zero-order chi connectivity index (χ0) is 13.8. The molecule has 0 unspecified atom stereocenters. The summed E-state index contributed by atoms with van der Waals surface area (Å²) in [4.78, 5) is 3.70. The van der Waals surface area contributed by atoms with Crippen LogP contribution in [0.2, 0.25) is 5.02 Å². The maximum absolute atomic E-state index is 6.26. The fourth-order valence-electron chi connectivity index (χ4n) is 2.02. The van der Waals surface area contributed by atoms with Crippen molar-refractivity contribution in [1.29, 1.82) is 0 Å². The number of rotatable bonds is 5. The van der Waals surface area contributed by atoms with E-state index in [1.807, 2.05) is 12.1 Å². The van der Waals surface area contributed by atoms with Crippen molar-refractivity contribution < 1.29 is 0 Å². The van der Waals surface area contributed by atoms with Gasteiger partial charge in [0.1, 0.15) is 0 Å². The smallest absolute Gasteiger partial charge is 0.0525 e. The van der Waals surface area contributed by atoms with E-state index < -0.39 is 0 Å². The molecule has 0 atom stereocenters. The van der Waals surface area contributed by atoms with Crippen LogP contribution in [-0.2, 0) is 13.1 Å². The summed E-state index contributed by atoms with van der Waals surface area (Å²) in [5, 5.41) is 2.86. The Hall–Kier alpha value is -1.03. The van der Waals surface area contributed by atoms with Crippen molar-refractivity contribution in [1.82, 2.24) is 0 Å². The number of halogens is 1. The minimum Gasteiger partial charge on any atom is -0.364 e. The van der Waals surface area contributed by atoms with Crippen LogP contribution in [0.4, 0.5) is 5.69 Å². The van der Waals surface area contributed by atoms with Crippen LogP contribution in [0.3, 0.4) is 0 Å². The normalized spacial score (nSPS) is 11.0. The topological polar surface area (TPSA) is 29.3 Å². The molecule has 1 aromatic heterocycles. The first-order valence-corrected chi connectivity index (χ1v) is 7.65. The molecule has 19 heavy (non-hydrogen) atoms. The largest absolute Gasteiger partial charge is 0.364 e. The summed E-state index contributed by atoms with van der Waals surface area (Å²) >= 11 is 8.04. The maximum atomic E-state index is 6.26. The molecule has 2 nitrogen and oxygen atoms in total. The third-order valence-corrected chi connectivity index (χ3v) is 4.33. The first-order chi connectivity index (χ1) is 9.11. The zero-order valence-electron chi connectivity index (χ0n) is 11.3. The second-order valence-electron chi connectivity index (χ2n) is 4.78. The number of hydrogen-bond acceptors (Lipinski definition) is 3. The summed E-state index contributed by atoms with van der Waals surface area (Å²) < 4.78 is 0. The van der Waals surface area contributed by atoms with Crippen LogP contribution in [0, 0.1) is 0 Å². The van der Waals surface area contributed by atoms with E-state index in [4.69, 9.17) is 17.3 Å². The Labute approximate surface area is 123 Å². The monoisotopic (exact) mass is 294 g/mol. The Morgan fingerprint density at radius 1 is 1.32 bits per heavy atom. The van der Waals surface area contributed by atoms with Crippen LogP contribution in [0.1, 0.15) is 24.3 Å². The highest BCUT2D eigenvalue weighted by Gasteiger charge is 2.13. The summed E-state index contributed by atoms with van der Waals surface area (Å²) in [5.41, 5.74) is 7.78. The third kappa shape index (κ3) is 3.50. The molecule has 2 aromatic rings. The average Bonchev–Trinajstić information content (AvgIpc) is 2.88. The Morgan fingerprint density at radius 2 is 2.11 bits per heavy atom. The van der Waals surface area contributed by atoms with Gasteiger partial charge in [0.15, 0.2) is 0 Å². The van der Waals surface area contributed by atoms with E-state index >= 15 is 0 Å². The van der Waals surface area contributed by atoms with Crippen molar-refractivity contribution in [2.75, 3.05) is 4.90 Å². The first kappa shape index (κ1) is 14.4. The first-order valence-electron chi connectivity index (χ1n) is 6.39. The van der Waals surface area contributed by atoms with Crippen LogP contribution < -0.4 is 10.6 Å². The Bertz CT molecular complexity index is 523. The van der Waals surface area contributed by atoms with Crippen molar-refractivity contribution >= 4 is 28.6 Å². The predicted molar refractivity (Wildman–Crippen MR) is 85.0 cm³/mol. The number of thiophene rings is 1. The summed E-state index contributed by atoms with van der Waals surface area (Å²) in [6.07, 6.45) is 0. The molecule has 0 aliphatic rings. The SMILES string of the molecule is CC(C)N(Cc1cccs1)c1ccc(CN)c(Cl)c1. The van der Waals surface area contributed by atoms with Gasteiger partial charge in [-0.2, -0.15) is 0 Å². The zero-order valence-corrected chi connectivity index (χ0v) is 12.8. The van der Waals surface area contributed by atoms with Crippen molar-refractivity contribution in [3.05, 3.63) is 51.2 Å².